The van der Waals surface area contributed by atoms with Gasteiger partial charge in [0.25, 0.3) is 5.91 Å². The van der Waals surface area contributed by atoms with Gasteiger partial charge in [0.15, 0.2) is 11.5 Å². The van der Waals surface area contributed by atoms with Crippen LogP contribution in [0.5, 0.6) is 11.5 Å². The Labute approximate surface area is 180 Å². The fourth-order valence-electron chi connectivity index (χ4n) is 4.22. The molecule has 2 aliphatic heterocycles. The summed E-state index contributed by atoms with van der Waals surface area (Å²) in [6.07, 6.45) is 4.50. The van der Waals surface area contributed by atoms with Crippen molar-refractivity contribution in [3.05, 3.63) is 39.6 Å². The molecule has 2 aromatic rings. The van der Waals surface area contributed by atoms with Crippen molar-refractivity contribution in [1.29, 1.82) is 0 Å². The van der Waals surface area contributed by atoms with E-state index in [1.807, 2.05) is 6.07 Å². The third-order valence-electron chi connectivity index (χ3n) is 5.88. The van der Waals surface area contributed by atoms with Crippen LogP contribution in [0.15, 0.2) is 29.2 Å². The number of amides is 1. The van der Waals surface area contributed by atoms with E-state index in [1.54, 1.807) is 28.4 Å². The van der Waals surface area contributed by atoms with Crippen molar-refractivity contribution in [2.24, 2.45) is 0 Å². The lowest BCUT2D eigenvalue weighted by molar-refractivity contribution is 0.0702. The number of carbonyl (C=O) groups is 1. The Bertz CT molecular complexity index is 1050. The first-order chi connectivity index (χ1) is 14.5. The van der Waals surface area contributed by atoms with E-state index >= 15 is 0 Å². The van der Waals surface area contributed by atoms with Gasteiger partial charge in [-0.25, -0.2) is 8.42 Å². The molecule has 0 spiro atoms. The molecule has 3 heterocycles. The first-order valence-corrected chi connectivity index (χ1v) is 12.6. The summed E-state index contributed by atoms with van der Waals surface area (Å²) >= 11 is 1.60. The lowest BCUT2D eigenvalue weighted by atomic mass is 9.99. The number of carbonyl (C=O) groups excluding carboxylic acids is 1. The summed E-state index contributed by atoms with van der Waals surface area (Å²) in [6.45, 7) is 2.23. The van der Waals surface area contributed by atoms with Gasteiger partial charge < -0.3 is 14.4 Å². The number of hydrogen-bond acceptors (Lipinski definition) is 6. The van der Waals surface area contributed by atoms with Gasteiger partial charge in [0.2, 0.25) is 10.0 Å². The predicted molar refractivity (Wildman–Crippen MR) is 113 cm³/mol. The van der Waals surface area contributed by atoms with Gasteiger partial charge in [-0.05, 0) is 49.4 Å². The summed E-state index contributed by atoms with van der Waals surface area (Å²) in [7, 11) is -3.65. The molecule has 0 radical (unpaired) electrons. The molecule has 9 heteroatoms. The zero-order valence-corrected chi connectivity index (χ0v) is 18.3. The summed E-state index contributed by atoms with van der Waals surface area (Å²) in [5.74, 6) is 1.04. The van der Waals surface area contributed by atoms with E-state index in [0.717, 1.165) is 17.7 Å². The van der Waals surface area contributed by atoms with Gasteiger partial charge in [-0.3, -0.25) is 4.79 Å². The van der Waals surface area contributed by atoms with Crippen molar-refractivity contribution < 1.29 is 22.7 Å². The second-order valence-electron chi connectivity index (χ2n) is 7.77. The number of benzene rings is 1. The molecule has 0 N–H and O–H groups in total. The Balaban J connectivity index is 1.27. The van der Waals surface area contributed by atoms with Crippen molar-refractivity contribution in [1.82, 2.24) is 9.21 Å². The SMILES string of the molecule is O=C(c1cc2c(s1)CCCC2)N1CCN(S(=O)(=O)c2ccc3c(c2)OCCO3)CC1. The lowest BCUT2D eigenvalue weighted by Crippen LogP contribution is -2.50. The van der Waals surface area contributed by atoms with Crippen LogP contribution in [0.1, 0.15) is 33.0 Å². The summed E-state index contributed by atoms with van der Waals surface area (Å²) in [6, 6.07) is 6.76. The Morgan fingerprint density at radius 2 is 1.67 bits per heavy atom. The van der Waals surface area contributed by atoms with Crippen molar-refractivity contribution in [3.63, 3.8) is 0 Å². The molecule has 0 bridgehead atoms. The van der Waals surface area contributed by atoms with Gasteiger partial charge in [-0.15, -0.1) is 11.3 Å². The molecule has 0 saturated carbocycles. The van der Waals surface area contributed by atoms with Crippen LogP contribution in [0.2, 0.25) is 0 Å². The molecular formula is C21H24N2O5S2. The van der Waals surface area contributed by atoms with Crippen molar-refractivity contribution in [2.75, 3.05) is 39.4 Å². The topological polar surface area (TPSA) is 76.2 Å². The maximum atomic E-state index is 13.1. The minimum Gasteiger partial charge on any atom is -0.486 e. The highest BCUT2D eigenvalue weighted by Gasteiger charge is 2.32. The largest absolute Gasteiger partial charge is 0.486 e. The summed E-state index contributed by atoms with van der Waals surface area (Å²) in [4.78, 5) is 17.0. The standard InChI is InChI=1S/C21H24N2O5S2/c24-21(20-13-15-3-1-2-4-19(15)29-20)22-7-9-23(10-8-22)30(25,26)16-5-6-17-18(14-16)28-12-11-27-17/h5-6,13-14H,1-4,7-12H2. The molecule has 1 saturated heterocycles. The number of ether oxygens (including phenoxy) is 2. The van der Waals surface area contributed by atoms with Crippen molar-refractivity contribution >= 4 is 27.3 Å². The number of thiophene rings is 1. The van der Waals surface area contributed by atoms with Gasteiger partial charge in [0.1, 0.15) is 13.2 Å². The van der Waals surface area contributed by atoms with E-state index in [1.165, 1.54) is 33.7 Å². The monoisotopic (exact) mass is 448 g/mol. The molecule has 1 fully saturated rings. The molecule has 0 unspecified atom stereocenters. The van der Waals surface area contributed by atoms with Gasteiger partial charge in [-0.2, -0.15) is 4.31 Å². The number of hydrogen-bond donors (Lipinski definition) is 0. The number of nitrogens with zero attached hydrogens (tertiary/aromatic N) is 2. The van der Waals surface area contributed by atoms with Crippen LogP contribution in [0.4, 0.5) is 0 Å². The number of piperazine rings is 1. The Morgan fingerprint density at radius 3 is 2.43 bits per heavy atom. The minimum absolute atomic E-state index is 0.0192. The van der Waals surface area contributed by atoms with Crippen molar-refractivity contribution in [2.45, 2.75) is 30.6 Å². The highest BCUT2D eigenvalue weighted by Crippen LogP contribution is 2.34. The van der Waals surface area contributed by atoms with Crippen LogP contribution in [0.3, 0.4) is 0 Å². The Kier molecular flexibility index (Phi) is 5.20. The van der Waals surface area contributed by atoms with E-state index < -0.39 is 10.0 Å². The molecule has 1 aromatic heterocycles. The summed E-state index contributed by atoms with van der Waals surface area (Å²) in [5, 5.41) is 0. The molecule has 7 nitrogen and oxygen atoms in total. The van der Waals surface area contributed by atoms with Crippen LogP contribution >= 0.6 is 11.3 Å². The molecule has 5 rings (SSSR count). The van der Waals surface area contributed by atoms with Crippen LogP contribution < -0.4 is 9.47 Å². The predicted octanol–water partition coefficient (Wildman–Crippen LogP) is 2.54. The smallest absolute Gasteiger partial charge is 0.264 e. The molecule has 3 aliphatic rings. The fraction of sp³-hybridized carbons (Fsp3) is 0.476. The number of rotatable bonds is 3. The highest BCUT2D eigenvalue weighted by atomic mass is 32.2. The maximum absolute atomic E-state index is 13.1. The summed E-state index contributed by atoms with van der Waals surface area (Å²) < 4.78 is 38.6. The quantitative estimate of drug-likeness (QED) is 0.721. The second-order valence-corrected chi connectivity index (χ2v) is 10.8. The molecule has 30 heavy (non-hydrogen) atoms. The van der Waals surface area contributed by atoms with E-state index in [9.17, 15) is 13.2 Å². The molecular weight excluding hydrogens is 424 g/mol. The van der Waals surface area contributed by atoms with E-state index in [0.29, 0.717) is 37.8 Å². The Hall–Kier alpha value is -2.10. The zero-order chi connectivity index (χ0) is 20.7. The lowest BCUT2D eigenvalue weighted by Gasteiger charge is -2.34. The summed E-state index contributed by atoms with van der Waals surface area (Å²) in [5.41, 5.74) is 1.31. The van der Waals surface area contributed by atoms with Gasteiger partial charge in [0.05, 0.1) is 9.77 Å². The normalized spacial score (nSPS) is 19.4. The average Bonchev–Trinajstić information content (AvgIpc) is 3.22. The maximum Gasteiger partial charge on any atom is 0.264 e. The highest BCUT2D eigenvalue weighted by molar-refractivity contribution is 7.89. The Morgan fingerprint density at radius 1 is 0.933 bits per heavy atom. The van der Waals surface area contributed by atoms with E-state index in [4.69, 9.17) is 9.47 Å². The number of aryl methyl sites for hydroxylation is 2. The number of sulfonamides is 1. The average molecular weight is 449 g/mol. The van der Waals surface area contributed by atoms with Crippen LogP contribution in [-0.4, -0.2) is 62.9 Å². The third kappa shape index (κ3) is 3.59. The first kappa shape index (κ1) is 19.8. The van der Waals surface area contributed by atoms with Gasteiger partial charge >= 0.3 is 0 Å². The van der Waals surface area contributed by atoms with Gasteiger partial charge in [-0.1, -0.05) is 0 Å². The van der Waals surface area contributed by atoms with Gasteiger partial charge in [0, 0.05) is 37.1 Å². The molecule has 0 atom stereocenters. The van der Waals surface area contributed by atoms with E-state index in [-0.39, 0.29) is 23.9 Å². The van der Waals surface area contributed by atoms with Crippen LogP contribution in [-0.2, 0) is 22.9 Å². The molecule has 160 valence electrons. The molecule has 1 aromatic carbocycles. The van der Waals surface area contributed by atoms with Crippen LogP contribution in [0, 0.1) is 0 Å². The first-order valence-electron chi connectivity index (χ1n) is 10.3. The second kappa shape index (κ2) is 7.86. The third-order valence-corrected chi connectivity index (χ3v) is 9.00. The number of fused-ring (bicyclic) bond motifs is 2. The molecule has 1 aliphatic carbocycles. The van der Waals surface area contributed by atoms with Crippen molar-refractivity contribution in [3.8, 4) is 11.5 Å². The van der Waals surface area contributed by atoms with Crippen LogP contribution in [0.25, 0.3) is 0 Å². The minimum atomic E-state index is -3.65. The van der Waals surface area contributed by atoms with E-state index in [2.05, 4.69) is 0 Å². The zero-order valence-electron chi connectivity index (χ0n) is 16.6. The fourth-order valence-corrected chi connectivity index (χ4v) is 6.88. The molecule has 1 amide bonds.